The van der Waals surface area contributed by atoms with Crippen LogP contribution in [0.15, 0.2) is 0 Å². The summed E-state index contributed by atoms with van der Waals surface area (Å²) in [4.78, 5) is 2.10. The molecule has 1 saturated heterocycles. The van der Waals surface area contributed by atoms with Gasteiger partial charge in [0, 0.05) is 5.92 Å². The Morgan fingerprint density at radius 3 is 2.38 bits per heavy atom. The smallest absolute Gasteiger partial charge is 0.263 e. The number of alkyl halides is 2. The highest BCUT2D eigenvalue weighted by atomic mass is 19.3. The molecule has 0 amide bonds. The fourth-order valence-electron chi connectivity index (χ4n) is 1.81. The van der Waals surface area contributed by atoms with E-state index in [1.165, 1.54) is 0 Å². The monoisotopic (exact) mass is 192 g/mol. The van der Waals surface area contributed by atoms with E-state index in [4.69, 9.17) is 0 Å². The Morgan fingerprint density at radius 1 is 1.38 bits per heavy atom. The van der Waals surface area contributed by atoms with Gasteiger partial charge in [-0.2, -0.15) is 0 Å². The van der Waals surface area contributed by atoms with Crippen molar-refractivity contribution in [2.75, 3.05) is 33.7 Å². The molecule has 0 spiro atoms. The van der Waals surface area contributed by atoms with Gasteiger partial charge in [-0.3, -0.25) is 0 Å². The van der Waals surface area contributed by atoms with Gasteiger partial charge in [0.05, 0.1) is 6.54 Å². The first-order valence-corrected chi connectivity index (χ1v) is 4.77. The van der Waals surface area contributed by atoms with E-state index < -0.39 is 11.8 Å². The number of piperidine rings is 1. The van der Waals surface area contributed by atoms with E-state index in [0.717, 1.165) is 13.1 Å². The van der Waals surface area contributed by atoms with Crippen LogP contribution in [-0.4, -0.2) is 44.6 Å². The summed E-state index contributed by atoms with van der Waals surface area (Å²) < 4.78 is 26.7. The molecule has 0 unspecified atom stereocenters. The fourth-order valence-corrected chi connectivity index (χ4v) is 1.81. The predicted octanol–water partition coefficient (Wildman–Crippen LogP) is 1.18. The molecule has 4 heteroatoms. The van der Waals surface area contributed by atoms with E-state index in [0.29, 0.717) is 12.8 Å². The zero-order chi connectivity index (χ0) is 9.90. The Bertz CT molecular complexity index is 154. The Balaban J connectivity index is 2.42. The Kier molecular flexibility index (Phi) is 3.62. The molecule has 78 valence electrons. The van der Waals surface area contributed by atoms with Crippen molar-refractivity contribution in [3.05, 3.63) is 0 Å². The molecule has 0 atom stereocenters. The predicted molar refractivity (Wildman–Crippen MR) is 49.1 cm³/mol. The van der Waals surface area contributed by atoms with Crippen molar-refractivity contribution < 1.29 is 8.78 Å². The molecule has 0 aromatic carbocycles. The molecule has 2 nitrogen and oxygen atoms in total. The third-order valence-electron chi connectivity index (χ3n) is 2.73. The summed E-state index contributed by atoms with van der Waals surface area (Å²) in [6.07, 6.45) is 1.23. The molecule has 0 radical (unpaired) electrons. The molecular formula is C9H18F2N2. The number of nitrogens with zero attached hydrogens (tertiary/aromatic N) is 1. The lowest BCUT2D eigenvalue weighted by atomic mass is 9.90. The van der Waals surface area contributed by atoms with Crippen molar-refractivity contribution in [3.8, 4) is 0 Å². The third kappa shape index (κ3) is 2.88. The van der Waals surface area contributed by atoms with Gasteiger partial charge < -0.3 is 10.2 Å². The summed E-state index contributed by atoms with van der Waals surface area (Å²) in [7, 11) is 3.55. The lowest BCUT2D eigenvalue weighted by Gasteiger charge is -2.33. The zero-order valence-corrected chi connectivity index (χ0v) is 8.32. The number of hydrogen-bond acceptors (Lipinski definition) is 2. The Morgan fingerprint density at radius 2 is 1.92 bits per heavy atom. The van der Waals surface area contributed by atoms with Crippen molar-refractivity contribution in [3.63, 3.8) is 0 Å². The summed E-state index contributed by atoms with van der Waals surface area (Å²) in [5, 5.41) is 2.55. The maximum Gasteiger partial charge on any atom is 0.263 e. The minimum absolute atomic E-state index is 0.193. The maximum atomic E-state index is 13.4. The number of nitrogens with one attached hydrogen (secondary N) is 1. The molecular weight excluding hydrogens is 174 g/mol. The lowest BCUT2D eigenvalue weighted by molar-refractivity contribution is -0.0731. The van der Waals surface area contributed by atoms with Crippen LogP contribution in [0.3, 0.4) is 0 Å². The van der Waals surface area contributed by atoms with Crippen molar-refractivity contribution in [1.29, 1.82) is 0 Å². The number of rotatable bonds is 3. The van der Waals surface area contributed by atoms with Gasteiger partial charge in [0.2, 0.25) is 0 Å². The molecule has 1 aliphatic heterocycles. The second kappa shape index (κ2) is 4.33. The van der Waals surface area contributed by atoms with E-state index in [1.54, 1.807) is 7.05 Å². The highest BCUT2D eigenvalue weighted by Gasteiger charge is 2.39. The number of hydrogen-bond donors (Lipinski definition) is 1. The van der Waals surface area contributed by atoms with Crippen LogP contribution in [0.1, 0.15) is 12.8 Å². The van der Waals surface area contributed by atoms with E-state index in [9.17, 15) is 8.78 Å². The van der Waals surface area contributed by atoms with Crippen LogP contribution >= 0.6 is 0 Å². The zero-order valence-electron chi connectivity index (χ0n) is 8.32. The molecule has 1 N–H and O–H groups in total. The third-order valence-corrected chi connectivity index (χ3v) is 2.73. The average molecular weight is 192 g/mol. The number of likely N-dealkylation sites (tertiary alicyclic amines) is 1. The van der Waals surface area contributed by atoms with Crippen molar-refractivity contribution in [2.24, 2.45) is 5.92 Å². The van der Waals surface area contributed by atoms with Gasteiger partial charge in [-0.1, -0.05) is 0 Å². The molecule has 1 aliphatic rings. The SMILES string of the molecule is CNCC(F)(F)C1CCN(C)CC1. The largest absolute Gasteiger partial charge is 0.314 e. The number of halogens is 2. The Hall–Kier alpha value is -0.220. The molecule has 0 aromatic heterocycles. The molecule has 0 aromatic rings. The van der Waals surface area contributed by atoms with Crippen LogP contribution in [-0.2, 0) is 0 Å². The molecule has 1 heterocycles. The summed E-state index contributed by atoms with van der Waals surface area (Å²) >= 11 is 0. The highest BCUT2D eigenvalue weighted by Crippen LogP contribution is 2.32. The van der Waals surface area contributed by atoms with Gasteiger partial charge in [0.1, 0.15) is 0 Å². The maximum absolute atomic E-state index is 13.4. The molecule has 1 fully saturated rings. The van der Waals surface area contributed by atoms with Crippen LogP contribution in [0.2, 0.25) is 0 Å². The second-order valence-corrected chi connectivity index (χ2v) is 3.87. The van der Waals surface area contributed by atoms with Gasteiger partial charge in [0.15, 0.2) is 0 Å². The standard InChI is InChI=1S/C9H18F2N2/c1-12-7-9(10,11)8-3-5-13(2)6-4-8/h8,12H,3-7H2,1-2H3. The van der Waals surface area contributed by atoms with E-state index in [2.05, 4.69) is 10.2 Å². The van der Waals surface area contributed by atoms with E-state index in [-0.39, 0.29) is 6.54 Å². The molecule has 0 saturated carbocycles. The molecule has 0 aliphatic carbocycles. The lowest BCUT2D eigenvalue weighted by Crippen LogP contribution is -2.43. The normalized spacial score (nSPS) is 22.2. The van der Waals surface area contributed by atoms with Gasteiger partial charge in [-0.15, -0.1) is 0 Å². The molecule has 13 heavy (non-hydrogen) atoms. The first-order valence-electron chi connectivity index (χ1n) is 4.77. The van der Waals surface area contributed by atoms with Gasteiger partial charge in [-0.05, 0) is 40.0 Å². The summed E-state index contributed by atoms with van der Waals surface area (Å²) in [5.74, 6) is -2.97. The highest BCUT2D eigenvalue weighted by molar-refractivity contribution is 4.83. The van der Waals surface area contributed by atoms with Crippen molar-refractivity contribution in [1.82, 2.24) is 10.2 Å². The first-order chi connectivity index (χ1) is 6.06. The summed E-state index contributed by atoms with van der Waals surface area (Å²) in [6, 6.07) is 0. The van der Waals surface area contributed by atoms with Crippen LogP contribution in [0.25, 0.3) is 0 Å². The summed E-state index contributed by atoms with van der Waals surface area (Å²) in [6.45, 7) is 1.40. The van der Waals surface area contributed by atoms with Crippen molar-refractivity contribution >= 4 is 0 Å². The van der Waals surface area contributed by atoms with Gasteiger partial charge in [0.25, 0.3) is 5.92 Å². The average Bonchev–Trinajstić information content (AvgIpc) is 2.05. The van der Waals surface area contributed by atoms with Crippen molar-refractivity contribution in [2.45, 2.75) is 18.8 Å². The minimum atomic E-state index is -2.53. The van der Waals surface area contributed by atoms with Crippen LogP contribution in [0.4, 0.5) is 8.78 Å². The topological polar surface area (TPSA) is 15.3 Å². The second-order valence-electron chi connectivity index (χ2n) is 3.87. The van der Waals surface area contributed by atoms with Crippen LogP contribution in [0.5, 0.6) is 0 Å². The Labute approximate surface area is 78.3 Å². The van der Waals surface area contributed by atoms with Gasteiger partial charge in [-0.25, -0.2) is 8.78 Å². The van der Waals surface area contributed by atoms with Crippen LogP contribution < -0.4 is 5.32 Å². The minimum Gasteiger partial charge on any atom is -0.314 e. The van der Waals surface area contributed by atoms with E-state index >= 15 is 0 Å². The van der Waals surface area contributed by atoms with E-state index in [1.807, 2.05) is 7.05 Å². The van der Waals surface area contributed by atoms with Crippen LogP contribution in [0, 0.1) is 5.92 Å². The quantitative estimate of drug-likeness (QED) is 0.722. The van der Waals surface area contributed by atoms with Gasteiger partial charge >= 0.3 is 0 Å². The fraction of sp³-hybridized carbons (Fsp3) is 1.00. The molecule has 0 bridgehead atoms. The molecule has 1 rings (SSSR count). The summed E-state index contributed by atoms with van der Waals surface area (Å²) in [5.41, 5.74) is 0. The first kappa shape index (κ1) is 10.9.